The molecule has 0 atom stereocenters. The summed E-state index contributed by atoms with van der Waals surface area (Å²) in [5.74, 6) is -0.805. The van der Waals surface area contributed by atoms with Gasteiger partial charge in [-0.1, -0.05) is 32.0 Å². The van der Waals surface area contributed by atoms with E-state index in [1.54, 1.807) is 38.1 Å². The molecule has 0 heterocycles. The summed E-state index contributed by atoms with van der Waals surface area (Å²) < 4.78 is 26.2. The third-order valence-corrected chi connectivity index (χ3v) is 5.99. The third-order valence-electron chi connectivity index (χ3n) is 3.93. The second-order valence-corrected chi connectivity index (χ2v) is 7.65. The zero-order chi connectivity index (χ0) is 19.9. The third kappa shape index (κ3) is 5.38. The van der Waals surface area contributed by atoms with Crippen molar-refractivity contribution in [1.29, 1.82) is 0 Å². The average Bonchev–Trinajstić information content (AvgIpc) is 2.67. The molecule has 0 aliphatic carbocycles. The van der Waals surface area contributed by atoms with E-state index in [2.05, 4.69) is 10.6 Å². The highest BCUT2D eigenvalue weighted by Crippen LogP contribution is 2.16. The van der Waals surface area contributed by atoms with Crippen LogP contribution < -0.4 is 10.6 Å². The highest BCUT2D eigenvalue weighted by Gasteiger charge is 2.21. The fourth-order valence-electron chi connectivity index (χ4n) is 2.48. The van der Waals surface area contributed by atoms with E-state index in [4.69, 9.17) is 0 Å². The van der Waals surface area contributed by atoms with Crippen LogP contribution in [0.4, 0.5) is 5.69 Å². The molecule has 7 nitrogen and oxygen atoms in total. The standard InChI is InChI=1S/C19H23N3O4S/c1-3-22(4-2)27(25,26)17-12-10-15(11-13-17)19(24)20-14-18(23)21-16-8-6-5-7-9-16/h5-13H,3-4,14H2,1-2H3,(H,20,24)(H,21,23). The first-order valence-corrected chi connectivity index (χ1v) is 10.1. The number of hydrogen-bond acceptors (Lipinski definition) is 4. The Hall–Kier alpha value is -2.71. The molecule has 2 rings (SSSR count). The van der Waals surface area contributed by atoms with Crippen LogP contribution >= 0.6 is 0 Å². The van der Waals surface area contributed by atoms with Crippen molar-refractivity contribution in [2.75, 3.05) is 25.0 Å². The highest BCUT2D eigenvalue weighted by atomic mass is 32.2. The van der Waals surface area contributed by atoms with Crippen LogP contribution in [0.5, 0.6) is 0 Å². The van der Waals surface area contributed by atoms with E-state index in [0.29, 0.717) is 18.8 Å². The van der Waals surface area contributed by atoms with E-state index in [1.165, 1.54) is 28.6 Å². The second-order valence-electron chi connectivity index (χ2n) is 5.71. The molecule has 0 saturated heterocycles. The minimum absolute atomic E-state index is 0.129. The van der Waals surface area contributed by atoms with E-state index in [-0.39, 0.29) is 22.9 Å². The molecular weight excluding hydrogens is 366 g/mol. The van der Waals surface area contributed by atoms with Crippen molar-refractivity contribution in [3.63, 3.8) is 0 Å². The monoisotopic (exact) mass is 389 g/mol. The maximum absolute atomic E-state index is 12.4. The number of anilines is 1. The van der Waals surface area contributed by atoms with E-state index < -0.39 is 15.9 Å². The molecule has 0 radical (unpaired) electrons. The number of nitrogens with one attached hydrogen (secondary N) is 2. The first kappa shape index (κ1) is 20.6. The topological polar surface area (TPSA) is 95.6 Å². The molecule has 2 amide bonds. The van der Waals surface area contributed by atoms with E-state index in [0.717, 1.165) is 0 Å². The molecule has 0 unspecified atom stereocenters. The molecule has 0 fully saturated rings. The van der Waals surface area contributed by atoms with Crippen molar-refractivity contribution in [3.05, 3.63) is 60.2 Å². The van der Waals surface area contributed by atoms with Gasteiger partial charge in [0, 0.05) is 24.3 Å². The fraction of sp³-hybridized carbons (Fsp3) is 0.263. The Labute approximate surface area is 159 Å². The van der Waals surface area contributed by atoms with Crippen molar-refractivity contribution in [2.24, 2.45) is 0 Å². The predicted octanol–water partition coefficient (Wildman–Crippen LogP) is 2.09. The number of amides is 2. The molecule has 8 heteroatoms. The summed E-state index contributed by atoms with van der Waals surface area (Å²) >= 11 is 0. The summed E-state index contributed by atoms with van der Waals surface area (Å²) in [6.07, 6.45) is 0. The zero-order valence-electron chi connectivity index (χ0n) is 15.3. The molecule has 2 aromatic carbocycles. The molecule has 0 saturated carbocycles. The largest absolute Gasteiger partial charge is 0.343 e. The Balaban J connectivity index is 1.96. The lowest BCUT2D eigenvalue weighted by Crippen LogP contribution is -2.33. The Morgan fingerprint density at radius 3 is 2.07 bits per heavy atom. The fourth-order valence-corrected chi connectivity index (χ4v) is 3.94. The van der Waals surface area contributed by atoms with Gasteiger partial charge in [-0.2, -0.15) is 4.31 Å². The van der Waals surface area contributed by atoms with Crippen molar-refractivity contribution in [1.82, 2.24) is 9.62 Å². The summed E-state index contributed by atoms with van der Waals surface area (Å²) in [5, 5.41) is 5.18. The summed E-state index contributed by atoms with van der Waals surface area (Å²) in [6.45, 7) is 4.09. The summed E-state index contributed by atoms with van der Waals surface area (Å²) in [4.78, 5) is 24.2. The number of rotatable bonds is 8. The van der Waals surface area contributed by atoms with Crippen LogP contribution in [0.3, 0.4) is 0 Å². The molecule has 27 heavy (non-hydrogen) atoms. The number of carbonyl (C=O) groups excluding carboxylic acids is 2. The number of hydrogen-bond donors (Lipinski definition) is 2. The first-order valence-electron chi connectivity index (χ1n) is 8.61. The zero-order valence-corrected chi connectivity index (χ0v) is 16.1. The van der Waals surface area contributed by atoms with Crippen LogP contribution in [0.25, 0.3) is 0 Å². The second kappa shape index (κ2) is 9.29. The van der Waals surface area contributed by atoms with E-state index in [1.807, 2.05) is 6.07 Å². The average molecular weight is 389 g/mol. The molecule has 0 spiro atoms. The number of benzene rings is 2. The van der Waals surface area contributed by atoms with Crippen LogP contribution in [-0.4, -0.2) is 44.2 Å². The van der Waals surface area contributed by atoms with Gasteiger partial charge in [-0.3, -0.25) is 9.59 Å². The van der Waals surface area contributed by atoms with Crippen LogP contribution in [0, 0.1) is 0 Å². The first-order chi connectivity index (χ1) is 12.9. The van der Waals surface area contributed by atoms with Gasteiger partial charge in [0.2, 0.25) is 15.9 Å². The quantitative estimate of drug-likeness (QED) is 0.723. The van der Waals surface area contributed by atoms with Crippen molar-refractivity contribution in [3.8, 4) is 0 Å². The normalized spacial score (nSPS) is 11.2. The summed E-state index contributed by atoms with van der Waals surface area (Å²) in [7, 11) is -3.57. The molecule has 0 aliphatic heterocycles. The SMILES string of the molecule is CCN(CC)S(=O)(=O)c1ccc(C(=O)NCC(=O)Nc2ccccc2)cc1. The lowest BCUT2D eigenvalue weighted by Gasteiger charge is -2.18. The Kier molecular flexibility index (Phi) is 7.09. The number of para-hydroxylation sites is 1. The van der Waals surface area contributed by atoms with Gasteiger partial charge >= 0.3 is 0 Å². The van der Waals surface area contributed by atoms with Gasteiger partial charge in [0.05, 0.1) is 11.4 Å². The van der Waals surface area contributed by atoms with Gasteiger partial charge in [0.1, 0.15) is 0 Å². The van der Waals surface area contributed by atoms with Crippen LogP contribution in [0.15, 0.2) is 59.5 Å². The number of carbonyl (C=O) groups is 2. The van der Waals surface area contributed by atoms with E-state index in [9.17, 15) is 18.0 Å². The molecule has 0 bridgehead atoms. The van der Waals surface area contributed by atoms with Crippen molar-refractivity contribution < 1.29 is 18.0 Å². The van der Waals surface area contributed by atoms with Gasteiger partial charge in [-0.25, -0.2) is 8.42 Å². The Morgan fingerprint density at radius 1 is 0.926 bits per heavy atom. The van der Waals surface area contributed by atoms with Gasteiger partial charge in [-0.15, -0.1) is 0 Å². The minimum atomic E-state index is -3.57. The predicted molar refractivity (Wildman–Crippen MR) is 104 cm³/mol. The lowest BCUT2D eigenvalue weighted by atomic mass is 10.2. The van der Waals surface area contributed by atoms with Gasteiger partial charge in [0.15, 0.2) is 0 Å². The molecular formula is C19H23N3O4S. The van der Waals surface area contributed by atoms with E-state index >= 15 is 0 Å². The Morgan fingerprint density at radius 2 is 1.52 bits per heavy atom. The van der Waals surface area contributed by atoms with Crippen molar-refractivity contribution >= 4 is 27.5 Å². The lowest BCUT2D eigenvalue weighted by molar-refractivity contribution is -0.115. The highest BCUT2D eigenvalue weighted by molar-refractivity contribution is 7.89. The molecule has 0 aliphatic rings. The molecule has 0 aromatic heterocycles. The molecule has 2 aromatic rings. The maximum atomic E-state index is 12.4. The Bertz CT molecular complexity index is 877. The van der Waals surface area contributed by atoms with Gasteiger partial charge in [-0.05, 0) is 36.4 Å². The summed E-state index contributed by atoms with van der Waals surface area (Å²) in [5.41, 5.74) is 0.920. The van der Waals surface area contributed by atoms with Crippen LogP contribution in [0.2, 0.25) is 0 Å². The van der Waals surface area contributed by atoms with Crippen LogP contribution in [0.1, 0.15) is 24.2 Å². The summed E-state index contributed by atoms with van der Waals surface area (Å²) in [6, 6.07) is 14.6. The molecule has 144 valence electrons. The maximum Gasteiger partial charge on any atom is 0.251 e. The number of nitrogens with zero attached hydrogens (tertiary/aromatic N) is 1. The number of sulfonamides is 1. The van der Waals surface area contributed by atoms with Gasteiger partial charge < -0.3 is 10.6 Å². The van der Waals surface area contributed by atoms with Gasteiger partial charge in [0.25, 0.3) is 5.91 Å². The minimum Gasteiger partial charge on any atom is -0.343 e. The molecule has 2 N–H and O–H groups in total. The van der Waals surface area contributed by atoms with Crippen LogP contribution in [-0.2, 0) is 14.8 Å². The van der Waals surface area contributed by atoms with Crippen molar-refractivity contribution in [2.45, 2.75) is 18.7 Å². The smallest absolute Gasteiger partial charge is 0.251 e.